The van der Waals surface area contributed by atoms with Crippen molar-refractivity contribution in [3.63, 3.8) is 0 Å². The van der Waals surface area contributed by atoms with E-state index in [-0.39, 0.29) is 6.61 Å². The molecule has 0 bridgehead atoms. The Morgan fingerprint density at radius 2 is 2.17 bits per heavy atom. The topological polar surface area (TPSA) is 140 Å². The van der Waals surface area contributed by atoms with Crippen LogP contribution in [-0.4, -0.2) is 35.0 Å². The number of H-pyrrole nitrogens is 1. The van der Waals surface area contributed by atoms with Crippen molar-refractivity contribution in [2.24, 2.45) is 10.8 Å². The summed E-state index contributed by atoms with van der Waals surface area (Å²) in [5.41, 5.74) is 8.34. The molecule has 1 aromatic heterocycles. The first-order valence-electron chi connectivity index (χ1n) is 7.15. The van der Waals surface area contributed by atoms with Crippen LogP contribution >= 0.6 is 0 Å². The molecule has 0 atom stereocenters. The highest BCUT2D eigenvalue weighted by atomic mass is 16.5. The number of hydrogen-bond acceptors (Lipinski definition) is 6. The van der Waals surface area contributed by atoms with Gasteiger partial charge in [-0.1, -0.05) is 0 Å². The van der Waals surface area contributed by atoms with Gasteiger partial charge < -0.3 is 10.5 Å². The summed E-state index contributed by atoms with van der Waals surface area (Å²) in [5, 5.41) is 10.7. The predicted octanol–water partition coefficient (Wildman–Crippen LogP) is 0.719. The lowest BCUT2D eigenvalue weighted by atomic mass is 9.96. The number of aromatic nitrogens is 2. The number of amides is 2. The van der Waals surface area contributed by atoms with E-state index in [0.29, 0.717) is 33.2 Å². The van der Waals surface area contributed by atoms with Crippen LogP contribution in [0.1, 0.15) is 34.1 Å². The number of ether oxygens (including phenoxy) is 1. The minimum Gasteiger partial charge on any atom is -0.462 e. The molecule has 1 heterocycles. The lowest BCUT2D eigenvalue weighted by Gasteiger charge is -2.12. The number of nitrogens with zero attached hydrogens (tertiary/aromatic N) is 2. The van der Waals surface area contributed by atoms with Gasteiger partial charge >= 0.3 is 12.0 Å². The molecule has 2 rings (SSSR count). The first-order valence-corrected chi connectivity index (χ1v) is 7.15. The van der Waals surface area contributed by atoms with Gasteiger partial charge in [0.1, 0.15) is 5.69 Å². The third kappa shape index (κ3) is 3.24. The van der Waals surface area contributed by atoms with E-state index < -0.39 is 17.6 Å². The largest absolute Gasteiger partial charge is 0.462 e. The maximum Gasteiger partial charge on any atom is 0.338 e. The quantitative estimate of drug-likeness (QED) is 0.430. The zero-order chi connectivity index (χ0) is 17.9. The van der Waals surface area contributed by atoms with E-state index in [1.807, 2.05) is 0 Å². The number of hydrazone groups is 1. The monoisotopic (exact) mass is 331 g/mol. The molecule has 9 heteroatoms. The van der Waals surface area contributed by atoms with E-state index in [1.165, 1.54) is 6.21 Å². The van der Waals surface area contributed by atoms with Gasteiger partial charge in [-0.2, -0.15) is 10.2 Å². The third-order valence-electron chi connectivity index (χ3n) is 3.40. The van der Waals surface area contributed by atoms with Gasteiger partial charge in [-0.25, -0.2) is 20.1 Å². The van der Waals surface area contributed by atoms with Crippen LogP contribution in [0.2, 0.25) is 0 Å². The highest BCUT2D eigenvalue weighted by molar-refractivity contribution is 6.04. The van der Waals surface area contributed by atoms with Crippen molar-refractivity contribution in [1.82, 2.24) is 15.6 Å². The number of aryl methyl sites for hydroxylation is 2. The smallest absolute Gasteiger partial charge is 0.338 e. The van der Waals surface area contributed by atoms with E-state index >= 15 is 0 Å². The SMILES string of the molecule is CCOC(=O)c1c(C)cc2c(/C=N/NC(N)=O)n[nH]c(=O)c2c1C. The molecule has 4 N–H and O–H groups in total. The number of benzene rings is 1. The Labute approximate surface area is 136 Å². The third-order valence-corrected chi connectivity index (χ3v) is 3.40. The van der Waals surface area contributed by atoms with E-state index in [2.05, 4.69) is 20.7 Å². The zero-order valence-corrected chi connectivity index (χ0v) is 13.5. The Hall–Kier alpha value is -3.23. The van der Waals surface area contributed by atoms with Gasteiger partial charge in [-0.15, -0.1) is 0 Å². The summed E-state index contributed by atoms with van der Waals surface area (Å²) in [6.45, 7) is 5.35. The molecular weight excluding hydrogens is 314 g/mol. The fourth-order valence-corrected chi connectivity index (χ4v) is 2.48. The summed E-state index contributed by atoms with van der Waals surface area (Å²) >= 11 is 0. The summed E-state index contributed by atoms with van der Waals surface area (Å²) in [7, 11) is 0. The number of aromatic amines is 1. The van der Waals surface area contributed by atoms with Crippen LogP contribution in [0.15, 0.2) is 16.0 Å². The van der Waals surface area contributed by atoms with E-state index in [1.54, 1.807) is 26.8 Å². The molecule has 0 saturated carbocycles. The lowest BCUT2D eigenvalue weighted by molar-refractivity contribution is 0.0525. The highest BCUT2D eigenvalue weighted by Gasteiger charge is 2.19. The highest BCUT2D eigenvalue weighted by Crippen LogP contribution is 2.24. The standard InChI is InChI=1S/C15H17N5O4/c1-4-24-14(22)11-7(2)5-9-10(6-17-20-15(16)23)18-19-13(21)12(9)8(11)3/h5-6H,4H2,1-3H3,(H,19,21)(H3,16,20,23)/b17-6+. The maximum atomic E-state index is 12.2. The first kappa shape index (κ1) is 17.1. The molecule has 126 valence electrons. The minimum absolute atomic E-state index is 0.235. The molecule has 0 spiro atoms. The number of nitrogens with one attached hydrogen (secondary N) is 2. The molecule has 0 aliphatic rings. The number of fused-ring (bicyclic) bond motifs is 1. The maximum absolute atomic E-state index is 12.2. The van der Waals surface area contributed by atoms with Crippen molar-refractivity contribution < 1.29 is 14.3 Å². The van der Waals surface area contributed by atoms with Crippen molar-refractivity contribution in [3.05, 3.63) is 38.8 Å². The summed E-state index contributed by atoms with van der Waals surface area (Å²) in [4.78, 5) is 35.0. The second-order valence-corrected chi connectivity index (χ2v) is 5.01. The Morgan fingerprint density at radius 1 is 1.46 bits per heavy atom. The number of primary amides is 1. The number of esters is 1. The Balaban J connectivity index is 2.69. The van der Waals surface area contributed by atoms with Crippen LogP contribution in [0.4, 0.5) is 4.79 Å². The average molecular weight is 331 g/mol. The van der Waals surface area contributed by atoms with Gasteiger partial charge in [0.2, 0.25) is 0 Å². The summed E-state index contributed by atoms with van der Waals surface area (Å²) in [6.07, 6.45) is 1.26. The second kappa shape index (κ2) is 6.90. The van der Waals surface area contributed by atoms with Crippen LogP contribution in [0.5, 0.6) is 0 Å². The zero-order valence-electron chi connectivity index (χ0n) is 13.5. The average Bonchev–Trinajstić information content (AvgIpc) is 2.49. The number of carbonyl (C=O) groups is 2. The Bertz CT molecular complexity index is 901. The predicted molar refractivity (Wildman–Crippen MR) is 88.1 cm³/mol. The molecule has 2 amide bonds. The Morgan fingerprint density at radius 3 is 2.79 bits per heavy atom. The van der Waals surface area contributed by atoms with Crippen LogP contribution in [0.25, 0.3) is 10.8 Å². The molecule has 2 aromatic rings. The van der Waals surface area contributed by atoms with E-state index in [4.69, 9.17) is 10.5 Å². The van der Waals surface area contributed by atoms with E-state index in [0.717, 1.165) is 0 Å². The normalized spacial score (nSPS) is 11.0. The molecule has 0 fully saturated rings. The van der Waals surface area contributed by atoms with Crippen LogP contribution in [-0.2, 0) is 4.74 Å². The van der Waals surface area contributed by atoms with Gasteiger partial charge in [0.15, 0.2) is 0 Å². The molecule has 0 radical (unpaired) electrons. The van der Waals surface area contributed by atoms with Gasteiger partial charge in [-0.3, -0.25) is 4.79 Å². The van der Waals surface area contributed by atoms with Crippen molar-refractivity contribution in [2.45, 2.75) is 20.8 Å². The molecular formula is C15H17N5O4. The van der Waals surface area contributed by atoms with Crippen molar-refractivity contribution in [2.75, 3.05) is 6.61 Å². The van der Waals surface area contributed by atoms with E-state index in [9.17, 15) is 14.4 Å². The first-order chi connectivity index (χ1) is 11.4. The number of rotatable bonds is 4. The summed E-state index contributed by atoms with van der Waals surface area (Å²) in [6, 6.07) is 0.833. The molecule has 0 unspecified atom stereocenters. The molecule has 24 heavy (non-hydrogen) atoms. The van der Waals surface area contributed by atoms with Crippen molar-refractivity contribution in [3.8, 4) is 0 Å². The molecule has 9 nitrogen and oxygen atoms in total. The Kier molecular flexibility index (Phi) is 4.93. The van der Waals surface area contributed by atoms with Crippen LogP contribution < -0.4 is 16.7 Å². The fraction of sp³-hybridized carbons (Fsp3) is 0.267. The van der Waals surface area contributed by atoms with Gasteiger partial charge in [0, 0.05) is 5.39 Å². The molecule has 0 saturated heterocycles. The summed E-state index contributed by atoms with van der Waals surface area (Å²) < 4.78 is 5.05. The molecule has 1 aromatic carbocycles. The number of carbonyl (C=O) groups excluding carboxylic acids is 2. The summed E-state index contributed by atoms with van der Waals surface area (Å²) in [5.74, 6) is -0.490. The fourth-order valence-electron chi connectivity index (χ4n) is 2.48. The molecule has 0 aliphatic carbocycles. The minimum atomic E-state index is -0.822. The van der Waals surface area contributed by atoms with Crippen molar-refractivity contribution in [1.29, 1.82) is 0 Å². The van der Waals surface area contributed by atoms with Gasteiger partial charge in [0.25, 0.3) is 5.56 Å². The number of nitrogens with two attached hydrogens (primary N) is 1. The van der Waals surface area contributed by atoms with Gasteiger partial charge in [0.05, 0.1) is 23.8 Å². The molecule has 0 aliphatic heterocycles. The number of hydrogen-bond donors (Lipinski definition) is 3. The second-order valence-electron chi connectivity index (χ2n) is 5.01. The number of urea groups is 1. The van der Waals surface area contributed by atoms with Crippen LogP contribution in [0.3, 0.4) is 0 Å². The van der Waals surface area contributed by atoms with Crippen LogP contribution in [0, 0.1) is 13.8 Å². The lowest BCUT2D eigenvalue weighted by Crippen LogP contribution is -2.24. The van der Waals surface area contributed by atoms with Gasteiger partial charge in [-0.05, 0) is 38.0 Å². The van der Waals surface area contributed by atoms with Crippen molar-refractivity contribution >= 4 is 29.0 Å².